The molecule has 20 heavy (non-hydrogen) atoms. The van der Waals surface area contributed by atoms with E-state index in [-0.39, 0.29) is 5.91 Å². The average Bonchev–Trinajstić information content (AvgIpc) is 2.84. The predicted octanol–water partition coefficient (Wildman–Crippen LogP) is 2.01. The number of ether oxygens (including phenoxy) is 1. The summed E-state index contributed by atoms with van der Waals surface area (Å²) < 4.78 is 5.05. The largest absolute Gasteiger partial charge is 0.497 e. The number of rotatable bonds is 5. The topological polar surface area (TPSA) is 77.2 Å². The second-order valence-corrected chi connectivity index (χ2v) is 5.38. The number of nitrogen functional groups attached to an aromatic ring is 1. The van der Waals surface area contributed by atoms with Gasteiger partial charge in [-0.05, 0) is 19.1 Å². The van der Waals surface area contributed by atoms with Crippen LogP contribution < -0.4 is 15.8 Å². The number of nitrogens with one attached hydrogen (secondary N) is 1. The molecule has 1 amide bonds. The molecule has 0 saturated heterocycles. The summed E-state index contributed by atoms with van der Waals surface area (Å²) in [5, 5.41) is 5.88. The summed E-state index contributed by atoms with van der Waals surface area (Å²) >= 11 is 1.61. The first-order chi connectivity index (χ1) is 9.60. The molecule has 0 fully saturated rings. The number of benzene rings is 1. The fourth-order valence-corrected chi connectivity index (χ4v) is 2.44. The summed E-state index contributed by atoms with van der Waals surface area (Å²) in [4.78, 5) is 16.4. The molecule has 0 aliphatic rings. The van der Waals surface area contributed by atoms with Gasteiger partial charge in [0.25, 0.3) is 5.91 Å². The summed E-state index contributed by atoms with van der Waals surface area (Å²) in [5.74, 6) is 0.453. The second-order valence-electron chi connectivity index (χ2n) is 4.32. The maximum Gasteiger partial charge on any atom is 0.253 e. The molecule has 0 unspecified atom stereocenters. The van der Waals surface area contributed by atoms with Crippen LogP contribution in [0.3, 0.4) is 0 Å². The highest BCUT2D eigenvalue weighted by Crippen LogP contribution is 2.19. The smallest absolute Gasteiger partial charge is 0.253 e. The molecular formula is C14H17N3O2S. The molecule has 0 spiro atoms. The van der Waals surface area contributed by atoms with Gasteiger partial charge in [-0.3, -0.25) is 4.79 Å². The zero-order valence-corrected chi connectivity index (χ0v) is 12.3. The van der Waals surface area contributed by atoms with Crippen molar-refractivity contribution in [1.29, 1.82) is 0 Å². The molecule has 6 heteroatoms. The van der Waals surface area contributed by atoms with E-state index in [1.165, 1.54) is 0 Å². The predicted molar refractivity (Wildman–Crippen MR) is 80.3 cm³/mol. The Morgan fingerprint density at radius 1 is 1.50 bits per heavy atom. The summed E-state index contributed by atoms with van der Waals surface area (Å²) in [5.41, 5.74) is 7.70. The number of aryl methyl sites for hydroxylation is 1. The Morgan fingerprint density at radius 3 is 2.90 bits per heavy atom. The summed E-state index contributed by atoms with van der Waals surface area (Å²) in [6, 6.07) is 5.02. The zero-order chi connectivity index (χ0) is 14.5. The van der Waals surface area contributed by atoms with Crippen molar-refractivity contribution < 1.29 is 9.53 Å². The standard InChI is InChI=1S/C14H17N3O2S/c1-9-17-10(8-20-9)5-6-16-14(18)12-4-3-11(19-2)7-13(12)15/h3-4,7-8H,5-6,15H2,1-2H3,(H,16,18). The average molecular weight is 291 g/mol. The highest BCUT2D eigenvalue weighted by Gasteiger charge is 2.10. The first-order valence-corrected chi connectivity index (χ1v) is 7.11. The molecule has 0 atom stereocenters. The van der Waals surface area contributed by atoms with Gasteiger partial charge in [0.15, 0.2) is 0 Å². The van der Waals surface area contributed by atoms with E-state index >= 15 is 0 Å². The van der Waals surface area contributed by atoms with Crippen LogP contribution in [0.25, 0.3) is 0 Å². The van der Waals surface area contributed by atoms with Gasteiger partial charge in [0.2, 0.25) is 0 Å². The Hall–Kier alpha value is -2.08. The van der Waals surface area contributed by atoms with Crippen LogP contribution in [0, 0.1) is 6.92 Å². The minimum Gasteiger partial charge on any atom is -0.497 e. The molecule has 2 rings (SSSR count). The van der Waals surface area contributed by atoms with E-state index in [9.17, 15) is 4.79 Å². The maximum atomic E-state index is 12.0. The van der Waals surface area contributed by atoms with Gasteiger partial charge in [0.05, 0.1) is 23.4 Å². The van der Waals surface area contributed by atoms with Gasteiger partial charge >= 0.3 is 0 Å². The van der Waals surface area contributed by atoms with Crippen molar-refractivity contribution in [2.45, 2.75) is 13.3 Å². The van der Waals surface area contributed by atoms with Crippen LogP contribution in [0.15, 0.2) is 23.6 Å². The zero-order valence-electron chi connectivity index (χ0n) is 11.5. The van der Waals surface area contributed by atoms with Crippen LogP contribution in [0.5, 0.6) is 5.75 Å². The molecular weight excluding hydrogens is 274 g/mol. The lowest BCUT2D eigenvalue weighted by atomic mass is 10.1. The molecule has 5 nitrogen and oxygen atoms in total. The van der Waals surface area contributed by atoms with E-state index < -0.39 is 0 Å². The van der Waals surface area contributed by atoms with E-state index in [0.717, 1.165) is 10.7 Å². The van der Waals surface area contributed by atoms with Crippen LogP contribution >= 0.6 is 11.3 Å². The van der Waals surface area contributed by atoms with Crippen molar-refractivity contribution in [3.63, 3.8) is 0 Å². The lowest BCUT2D eigenvalue weighted by Crippen LogP contribution is -2.26. The Labute approximate surface area is 121 Å². The van der Waals surface area contributed by atoms with Crippen LogP contribution in [-0.2, 0) is 6.42 Å². The summed E-state index contributed by atoms with van der Waals surface area (Å²) in [7, 11) is 1.56. The molecule has 0 bridgehead atoms. The van der Waals surface area contributed by atoms with Gasteiger partial charge in [0.1, 0.15) is 5.75 Å². The number of anilines is 1. The minimum atomic E-state index is -0.183. The molecule has 106 valence electrons. The fourth-order valence-electron chi connectivity index (χ4n) is 1.80. The fraction of sp³-hybridized carbons (Fsp3) is 0.286. The molecule has 1 aromatic carbocycles. The third kappa shape index (κ3) is 3.48. The van der Waals surface area contributed by atoms with Gasteiger partial charge < -0.3 is 15.8 Å². The van der Waals surface area contributed by atoms with Crippen LogP contribution in [-0.4, -0.2) is 24.5 Å². The second kappa shape index (κ2) is 6.38. The Kier molecular flexibility index (Phi) is 4.57. The SMILES string of the molecule is COc1ccc(C(=O)NCCc2csc(C)n2)c(N)c1. The number of aromatic nitrogens is 1. The van der Waals surface area contributed by atoms with Crippen molar-refractivity contribution in [2.75, 3.05) is 19.4 Å². The summed E-state index contributed by atoms with van der Waals surface area (Å²) in [6.07, 6.45) is 0.714. The highest BCUT2D eigenvalue weighted by molar-refractivity contribution is 7.09. The molecule has 1 heterocycles. The van der Waals surface area contributed by atoms with E-state index in [4.69, 9.17) is 10.5 Å². The lowest BCUT2D eigenvalue weighted by molar-refractivity contribution is 0.0955. The number of hydrogen-bond donors (Lipinski definition) is 2. The number of carbonyl (C=O) groups is 1. The van der Waals surface area contributed by atoms with Crippen molar-refractivity contribution >= 4 is 22.9 Å². The molecule has 2 aromatic rings. The van der Waals surface area contributed by atoms with Gasteiger partial charge in [-0.15, -0.1) is 11.3 Å². The Bertz CT molecular complexity index is 610. The van der Waals surface area contributed by atoms with Gasteiger partial charge in [-0.1, -0.05) is 0 Å². The van der Waals surface area contributed by atoms with Crippen LogP contribution in [0.2, 0.25) is 0 Å². The van der Waals surface area contributed by atoms with E-state index in [1.54, 1.807) is 36.6 Å². The molecule has 1 aromatic heterocycles. The highest BCUT2D eigenvalue weighted by atomic mass is 32.1. The van der Waals surface area contributed by atoms with E-state index in [2.05, 4.69) is 10.3 Å². The van der Waals surface area contributed by atoms with Gasteiger partial charge in [-0.25, -0.2) is 4.98 Å². The number of carbonyl (C=O) groups excluding carboxylic acids is 1. The Balaban J connectivity index is 1.91. The number of methoxy groups -OCH3 is 1. The third-order valence-electron chi connectivity index (χ3n) is 2.84. The number of thiazole rings is 1. The normalized spacial score (nSPS) is 10.3. The van der Waals surface area contributed by atoms with Crippen molar-refractivity contribution in [3.8, 4) is 5.75 Å². The maximum absolute atomic E-state index is 12.0. The van der Waals surface area contributed by atoms with E-state index in [0.29, 0.717) is 30.0 Å². The number of nitrogens with zero attached hydrogens (tertiary/aromatic N) is 1. The number of hydrogen-bond acceptors (Lipinski definition) is 5. The van der Waals surface area contributed by atoms with Crippen molar-refractivity contribution in [3.05, 3.63) is 39.8 Å². The molecule has 0 radical (unpaired) electrons. The first kappa shape index (κ1) is 14.3. The molecule has 0 saturated carbocycles. The quantitative estimate of drug-likeness (QED) is 0.826. The van der Waals surface area contributed by atoms with Gasteiger partial charge in [-0.2, -0.15) is 0 Å². The molecule has 0 aliphatic carbocycles. The van der Waals surface area contributed by atoms with Crippen molar-refractivity contribution in [2.24, 2.45) is 0 Å². The number of amides is 1. The van der Waals surface area contributed by atoms with Crippen LogP contribution in [0.4, 0.5) is 5.69 Å². The van der Waals surface area contributed by atoms with Gasteiger partial charge in [0, 0.05) is 30.1 Å². The van der Waals surface area contributed by atoms with Crippen molar-refractivity contribution in [1.82, 2.24) is 10.3 Å². The number of nitrogens with two attached hydrogens (primary N) is 1. The molecule has 0 aliphatic heterocycles. The monoisotopic (exact) mass is 291 g/mol. The molecule has 3 N–H and O–H groups in total. The van der Waals surface area contributed by atoms with Crippen LogP contribution in [0.1, 0.15) is 21.1 Å². The third-order valence-corrected chi connectivity index (χ3v) is 3.66. The first-order valence-electron chi connectivity index (χ1n) is 6.23. The Morgan fingerprint density at radius 2 is 2.30 bits per heavy atom. The minimum absolute atomic E-state index is 0.183. The van der Waals surface area contributed by atoms with E-state index in [1.807, 2.05) is 12.3 Å². The summed E-state index contributed by atoms with van der Waals surface area (Å²) in [6.45, 7) is 2.50. The lowest BCUT2D eigenvalue weighted by Gasteiger charge is -2.08.